The first-order valence-corrected chi connectivity index (χ1v) is 35.6. The summed E-state index contributed by atoms with van der Waals surface area (Å²) in [7, 11) is 0. The highest BCUT2D eigenvalue weighted by Gasteiger charge is 2.54. The number of hydrogen-bond donors (Lipinski definition) is 0. The molecule has 7 aromatic heterocycles. The molecule has 14 aromatic carbocycles. The Morgan fingerprint density at radius 1 is 0.255 bits per heavy atom. The van der Waals surface area contributed by atoms with E-state index in [1.165, 1.54) is 36.4 Å². The van der Waals surface area contributed by atoms with Crippen molar-refractivity contribution in [3.05, 3.63) is 272 Å². The van der Waals surface area contributed by atoms with E-state index in [0.29, 0.717) is 84.6 Å². The van der Waals surface area contributed by atoms with Crippen LogP contribution in [-0.2, 0) is 0 Å². The minimum Gasteiger partial charge on any atom is -0.458 e. The van der Waals surface area contributed by atoms with Crippen LogP contribution in [-0.4, -0.2) is 38.3 Å². The number of hydrogen-bond acceptors (Lipinski definition) is 7. The maximum Gasteiger partial charge on any atom is 0.260 e. The topological polar surface area (TPSA) is 69.5 Å². The molecule has 13 heterocycles. The van der Waals surface area contributed by atoms with E-state index in [2.05, 4.69) is 141 Å². The summed E-state index contributed by atoms with van der Waals surface area (Å²) in [5.41, 5.74) is 15.0. The summed E-state index contributed by atoms with van der Waals surface area (Å²) in [6.07, 6.45) is 0. The Kier molecular flexibility index (Phi) is 9.64. The van der Waals surface area contributed by atoms with E-state index >= 15 is 17.6 Å². The number of benzene rings is 14. The van der Waals surface area contributed by atoms with E-state index < -0.39 is 49.1 Å². The SMILES string of the molecule is Fc1cccc(F)c1N1c2nc3c(cc2B2c4ccccc4Oc4c2c1c1c2ccccc2n2c5ccccc5c4c12)B1c2cc4c(cc2Oc2c1c(c1c5ccccc5n5c6ccccc6c2c15)N3c1c(F)cccc1F)Oc1c2c(c3c5ccccc5n5c6ccccc6c1c35)Oc1ccccc1B42. The molecule has 106 heavy (non-hydrogen) atoms. The molecule has 0 saturated heterocycles. The van der Waals surface area contributed by atoms with Crippen molar-refractivity contribution < 1.29 is 36.5 Å². The first kappa shape index (κ1) is 55.0. The van der Waals surface area contributed by atoms with Crippen molar-refractivity contribution in [1.82, 2.24) is 18.2 Å². The predicted molar refractivity (Wildman–Crippen MR) is 417 cm³/mol. The number of pyridine rings is 1. The lowest BCUT2D eigenvalue weighted by Gasteiger charge is -2.44. The van der Waals surface area contributed by atoms with Crippen LogP contribution in [0.5, 0.6) is 46.0 Å². The highest BCUT2D eigenvalue weighted by molar-refractivity contribution is 7.04. The van der Waals surface area contributed by atoms with Gasteiger partial charge in [0.1, 0.15) is 92.3 Å². The molecule has 10 nitrogen and oxygen atoms in total. The van der Waals surface area contributed by atoms with E-state index in [9.17, 15) is 0 Å². The van der Waals surface area contributed by atoms with E-state index in [0.717, 1.165) is 136 Å². The Bertz CT molecular complexity index is 7770. The molecule has 0 saturated carbocycles. The third kappa shape index (κ3) is 6.15. The molecule has 27 rings (SSSR count). The largest absolute Gasteiger partial charge is 0.458 e. The van der Waals surface area contributed by atoms with Crippen LogP contribution in [0.25, 0.3) is 114 Å². The van der Waals surface area contributed by atoms with Crippen LogP contribution < -0.4 is 77.9 Å². The Labute approximate surface area is 597 Å². The van der Waals surface area contributed by atoms with Gasteiger partial charge in [0.15, 0.2) is 0 Å². The Hall–Kier alpha value is -13.7. The van der Waals surface area contributed by atoms with Gasteiger partial charge in [-0.15, -0.1) is 0 Å². The molecule has 0 amide bonds. The molecular formula is C89H41B3F4N6O4. The number of anilines is 6. The number of nitrogens with zero attached hydrogens (tertiary/aromatic N) is 6. The molecule has 6 aliphatic rings. The zero-order valence-electron chi connectivity index (χ0n) is 55.2. The van der Waals surface area contributed by atoms with Gasteiger partial charge >= 0.3 is 0 Å². The number of rotatable bonds is 2. The van der Waals surface area contributed by atoms with Gasteiger partial charge in [0.2, 0.25) is 0 Å². The van der Waals surface area contributed by atoms with Gasteiger partial charge in [-0.25, -0.2) is 22.5 Å². The molecule has 0 aliphatic carbocycles. The second-order valence-electron chi connectivity index (χ2n) is 29.0. The second-order valence-corrected chi connectivity index (χ2v) is 29.0. The van der Waals surface area contributed by atoms with Crippen LogP contribution in [0, 0.1) is 23.3 Å². The molecule has 17 heteroatoms. The van der Waals surface area contributed by atoms with Crippen molar-refractivity contribution in [3.8, 4) is 46.0 Å². The first-order chi connectivity index (χ1) is 52.3. The zero-order chi connectivity index (χ0) is 68.9. The average molecular weight is 1370 g/mol. The lowest BCUT2D eigenvalue weighted by Crippen LogP contribution is -2.65. The fraction of sp³-hybridized carbons (Fsp3) is 0. The molecule has 488 valence electrons. The number of halogens is 4. The van der Waals surface area contributed by atoms with E-state index in [-0.39, 0.29) is 17.3 Å². The fourth-order valence-corrected chi connectivity index (χ4v) is 20.5. The van der Waals surface area contributed by atoms with E-state index in [1.807, 2.05) is 84.9 Å². The molecule has 0 radical (unpaired) electrons. The zero-order valence-corrected chi connectivity index (χ0v) is 55.2. The summed E-state index contributed by atoms with van der Waals surface area (Å²) in [4.78, 5) is 9.35. The fourth-order valence-electron chi connectivity index (χ4n) is 20.5. The average Bonchev–Trinajstić information content (AvgIpc) is 1.41. The minimum absolute atomic E-state index is 0.137. The highest BCUT2D eigenvalue weighted by Crippen LogP contribution is 2.58. The van der Waals surface area contributed by atoms with Gasteiger partial charge in [-0.3, -0.25) is 9.80 Å². The smallest absolute Gasteiger partial charge is 0.260 e. The third-order valence-electron chi connectivity index (χ3n) is 24.2. The van der Waals surface area contributed by atoms with Crippen LogP contribution in [0.1, 0.15) is 0 Å². The van der Waals surface area contributed by atoms with Gasteiger partial charge in [0.05, 0.1) is 82.6 Å². The number of para-hydroxylation sites is 10. The standard InChI is InChI=1S/C89H41B3F4N6O4/c93-54-27-17-28-55(94)77(54)101-82-68-42-19-1-9-31-58(42)98-60-33-11-3-21-44(60)70(79(68)98)84-74(82)91(49-26-8-16-38-65(49)103-84)52-40-53-89(97-88(52)101)102(78-56(95)29-18-30-57(78)96)83-69-43-20-2-10-32-59(43)99-61-34-12-4-22-45(61)71(80(69)99)85-75(83)92(53)51-39-50-66(41-67(51)105-85)106-87-73-47-24-6-14-36-63(47)100-62-35-13-5-23-46(62)72(81(73)100)86-76(87)90(50)48-25-7-15-37-64(48)104-86/h1-41H. The Balaban J connectivity index is 0.830. The van der Waals surface area contributed by atoms with Gasteiger partial charge in [-0.1, -0.05) is 170 Å². The van der Waals surface area contributed by atoms with E-state index in [1.54, 1.807) is 9.80 Å². The summed E-state index contributed by atoms with van der Waals surface area (Å²) in [5, 5.41) is 10.6. The normalized spacial score (nSPS) is 14.2. The van der Waals surface area contributed by atoms with Crippen molar-refractivity contribution in [2.24, 2.45) is 0 Å². The Morgan fingerprint density at radius 3 is 0.934 bits per heavy atom. The van der Waals surface area contributed by atoms with Gasteiger partial charge < -0.3 is 32.1 Å². The van der Waals surface area contributed by atoms with Crippen LogP contribution in [0.3, 0.4) is 0 Å². The summed E-state index contributed by atoms with van der Waals surface area (Å²) in [6, 6.07) is 80.2. The molecule has 21 aromatic rings. The molecule has 0 N–H and O–H groups in total. The highest BCUT2D eigenvalue weighted by atomic mass is 19.1. The van der Waals surface area contributed by atoms with Gasteiger partial charge in [-0.05, 0) is 116 Å². The van der Waals surface area contributed by atoms with Crippen LogP contribution >= 0.6 is 0 Å². The summed E-state index contributed by atoms with van der Waals surface area (Å²) in [6.45, 7) is -2.06. The number of ether oxygens (including phenoxy) is 4. The van der Waals surface area contributed by atoms with Crippen molar-refractivity contribution in [1.29, 1.82) is 0 Å². The predicted octanol–water partition coefficient (Wildman–Crippen LogP) is 16.6. The molecule has 0 atom stereocenters. The summed E-state index contributed by atoms with van der Waals surface area (Å²) in [5.74, 6) is 1.68. The maximum absolute atomic E-state index is 18.3. The first-order valence-electron chi connectivity index (χ1n) is 35.6. The lowest BCUT2D eigenvalue weighted by atomic mass is 9.30. The van der Waals surface area contributed by atoms with Crippen molar-refractivity contribution in [2.45, 2.75) is 0 Å². The lowest BCUT2D eigenvalue weighted by molar-refractivity contribution is 0.463. The minimum atomic E-state index is -0.860. The van der Waals surface area contributed by atoms with Crippen LogP contribution in [0.4, 0.5) is 51.9 Å². The van der Waals surface area contributed by atoms with Crippen molar-refractivity contribution in [3.63, 3.8) is 0 Å². The number of aromatic nitrogens is 4. The third-order valence-corrected chi connectivity index (χ3v) is 24.2. The summed E-state index contributed by atoms with van der Waals surface area (Å²) < 4.78 is 110. The molecule has 0 spiro atoms. The van der Waals surface area contributed by atoms with Crippen molar-refractivity contribution in [2.75, 3.05) is 9.80 Å². The van der Waals surface area contributed by atoms with Crippen LogP contribution in [0.2, 0.25) is 0 Å². The quantitative estimate of drug-likeness (QED) is 0.126. The monoisotopic (exact) mass is 1370 g/mol. The van der Waals surface area contributed by atoms with Gasteiger partial charge in [0, 0.05) is 54.6 Å². The Morgan fingerprint density at radius 2 is 0.547 bits per heavy atom. The number of fused-ring (bicyclic) bond motifs is 36. The van der Waals surface area contributed by atoms with Gasteiger partial charge in [0.25, 0.3) is 20.1 Å². The van der Waals surface area contributed by atoms with Gasteiger partial charge in [-0.2, -0.15) is 0 Å². The molecule has 6 aliphatic heterocycles. The van der Waals surface area contributed by atoms with Crippen LogP contribution in [0.15, 0.2) is 249 Å². The second kappa shape index (κ2) is 18.6. The van der Waals surface area contributed by atoms with E-state index in [4.69, 9.17) is 23.9 Å². The molecule has 0 fully saturated rings. The summed E-state index contributed by atoms with van der Waals surface area (Å²) >= 11 is 0. The molecular weight excluding hydrogens is 1330 g/mol. The maximum atomic E-state index is 18.3. The van der Waals surface area contributed by atoms with Crippen molar-refractivity contribution >= 4 is 218 Å². The molecule has 0 unspecified atom stereocenters. The molecule has 0 bridgehead atoms.